The van der Waals surface area contributed by atoms with Gasteiger partial charge in [-0.15, -0.1) is 0 Å². The molecule has 0 aliphatic heterocycles. The molecule has 100 valence electrons. The molecule has 0 atom stereocenters. The number of amides is 1. The molecule has 0 bridgehead atoms. The Morgan fingerprint density at radius 3 is 2.80 bits per heavy atom. The molecular weight excluding hydrogens is 278 g/mol. The summed E-state index contributed by atoms with van der Waals surface area (Å²) in [6.07, 6.45) is 0. The van der Waals surface area contributed by atoms with E-state index in [2.05, 4.69) is 15.7 Å². The summed E-state index contributed by atoms with van der Waals surface area (Å²) in [5.41, 5.74) is 3.40. The summed E-state index contributed by atoms with van der Waals surface area (Å²) in [5, 5.41) is 11.7. The van der Waals surface area contributed by atoms with Gasteiger partial charge in [0.1, 0.15) is 17.0 Å². The zero-order chi connectivity index (χ0) is 14.5. The highest BCUT2D eigenvalue weighted by Gasteiger charge is 2.11. The van der Waals surface area contributed by atoms with Crippen LogP contribution in [0.5, 0.6) is 0 Å². The van der Waals surface area contributed by atoms with E-state index in [-0.39, 0.29) is 16.5 Å². The molecular formula is C13H10ClN5O. The minimum atomic E-state index is -0.409. The molecule has 1 aromatic heterocycles. The van der Waals surface area contributed by atoms with E-state index in [1.165, 1.54) is 12.1 Å². The summed E-state index contributed by atoms with van der Waals surface area (Å²) < 4.78 is 0. The lowest BCUT2D eigenvalue weighted by molar-refractivity contribution is 0.102. The Labute approximate surface area is 120 Å². The van der Waals surface area contributed by atoms with Gasteiger partial charge in [0.2, 0.25) is 0 Å². The number of nitriles is 1. The average molecular weight is 288 g/mol. The lowest BCUT2D eigenvalue weighted by atomic mass is 10.2. The largest absolute Gasteiger partial charge is 0.321 e. The minimum Gasteiger partial charge on any atom is -0.321 e. The van der Waals surface area contributed by atoms with Gasteiger partial charge in [-0.3, -0.25) is 4.79 Å². The molecule has 0 aliphatic rings. The van der Waals surface area contributed by atoms with Crippen molar-refractivity contribution < 1.29 is 4.79 Å². The zero-order valence-electron chi connectivity index (χ0n) is 10.2. The Balaban J connectivity index is 2.29. The second-order valence-corrected chi connectivity index (χ2v) is 4.21. The number of halogens is 1. The van der Waals surface area contributed by atoms with Crippen molar-refractivity contribution in [1.82, 2.24) is 4.98 Å². The number of carbonyl (C=O) groups excluding carboxylic acids is 1. The molecule has 0 aliphatic carbocycles. The van der Waals surface area contributed by atoms with Gasteiger partial charge in [0.05, 0.1) is 11.3 Å². The number of hydrazine groups is 1. The number of hydrogen-bond donors (Lipinski definition) is 3. The van der Waals surface area contributed by atoms with Crippen LogP contribution in [0.2, 0.25) is 5.15 Å². The van der Waals surface area contributed by atoms with Gasteiger partial charge >= 0.3 is 0 Å². The molecule has 7 heteroatoms. The molecule has 1 aromatic carbocycles. The third kappa shape index (κ3) is 3.03. The number of para-hydroxylation sites is 1. The molecule has 2 aromatic rings. The molecule has 1 amide bonds. The van der Waals surface area contributed by atoms with E-state index >= 15 is 0 Å². The van der Waals surface area contributed by atoms with E-state index in [9.17, 15) is 4.79 Å². The van der Waals surface area contributed by atoms with Crippen molar-refractivity contribution in [3.63, 3.8) is 0 Å². The number of nitrogens with one attached hydrogen (secondary N) is 2. The number of anilines is 2. The highest BCUT2D eigenvalue weighted by Crippen LogP contribution is 2.18. The second kappa shape index (κ2) is 6.02. The number of nitrogens with zero attached hydrogens (tertiary/aromatic N) is 2. The SMILES string of the molecule is N#Cc1ccccc1NC(=O)c1cc(Cl)nc(NN)c1. The Kier molecular flexibility index (Phi) is 4.15. The van der Waals surface area contributed by atoms with E-state index < -0.39 is 5.91 Å². The number of carbonyl (C=O) groups is 1. The molecule has 20 heavy (non-hydrogen) atoms. The first-order valence-electron chi connectivity index (χ1n) is 5.58. The smallest absolute Gasteiger partial charge is 0.255 e. The predicted octanol–water partition coefficient (Wildman–Crippen LogP) is 2.14. The molecule has 4 N–H and O–H groups in total. The van der Waals surface area contributed by atoms with Gasteiger partial charge in [0, 0.05) is 5.56 Å². The quantitative estimate of drug-likeness (QED) is 0.456. The van der Waals surface area contributed by atoms with Crippen molar-refractivity contribution in [2.75, 3.05) is 10.7 Å². The topological polar surface area (TPSA) is 104 Å². The Bertz CT molecular complexity index is 695. The predicted molar refractivity (Wildman–Crippen MR) is 76.2 cm³/mol. The van der Waals surface area contributed by atoms with Gasteiger partial charge in [-0.2, -0.15) is 5.26 Å². The van der Waals surface area contributed by atoms with E-state index in [1.54, 1.807) is 24.3 Å². The summed E-state index contributed by atoms with van der Waals surface area (Å²) in [4.78, 5) is 16.0. The van der Waals surface area contributed by atoms with Crippen LogP contribution >= 0.6 is 11.6 Å². The number of nitrogen functional groups attached to an aromatic ring is 1. The molecule has 2 rings (SSSR count). The fraction of sp³-hybridized carbons (Fsp3) is 0. The fourth-order valence-electron chi connectivity index (χ4n) is 1.59. The maximum absolute atomic E-state index is 12.1. The van der Waals surface area contributed by atoms with E-state index in [1.807, 2.05) is 6.07 Å². The van der Waals surface area contributed by atoms with Gasteiger partial charge in [-0.1, -0.05) is 23.7 Å². The van der Waals surface area contributed by atoms with Gasteiger partial charge < -0.3 is 10.7 Å². The van der Waals surface area contributed by atoms with Crippen LogP contribution in [0.15, 0.2) is 36.4 Å². The van der Waals surface area contributed by atoms with Crippen LogP contribution in [0.3, 0.4) is 0 Å². The third-order valence-electron chi connectivity index (χ3n) is 2.50. The van der Waals surface area contributed by atoms with Gasteiger partial charge in [-0.05, 0) is 24.3 Å². The van der Waals surface area contributed by atoms with Crippen LogP contribution in [0.4, 0.5) is 11.5 Å². The number of nitrogens with two attached hydrogens (primary N) is 1. The summed E-state index contributed by atoms with van der Waals surface area (Å²) in [5.74, 6) is 5.11. The highest BCUT2D eigenvalue weighted by atomic mass is 35.5. The van der Waals surface area contributed by atoms with Crippen molar-refractivity contribution in [2.24, 2.45) is 5.84 Å². The van der Waals surface area contributed by atoms with Crippen molar-refractivity contribution in [3.05, 3.63) is 52.7 Å². The molecule has 0 radical (unpaired) electrons. The standard InChI is InChI=1S/C13H10ClN5O/c14-11-5-9(6-12(18-11)19-16)13(20)17-10-4-2-1-3-8(10)7-15/h1-6H,16H2,(H,17,20)(H,18,19). The Morgan fingerprint density at radius 1 is 1.35 bits per heavy atom. The number of pyridine rings is 1. The lowest BCUT2D eigenvalue weighted by Crippen LogP contribution is -2.15. The maximum atomic E-state index is 12.1. The van der Waals surface area contributed by atoms with E-state index in [4.69, 9.17) is 22.7 Å². The van der Waals surface area contributed by atoms with Crippen LogP contribution in [-0.4, -0.2) is 10.9 Å². The molecule has 0 fully saturated rings. The summed E-state index contributed by atoms with van der Waals surface area (Å²) in [6.45, 7) is 0. The molecule has 0 saturated carbocycles. The summed E-state index contributed by atoms with van der Waals surface area (Å²) in [7, 11) is 0. The third-order valence-corrected chi connectivity index (χ3v) is 2.69. The first-order valence-corrected chi connectivity index (χ1v) is 5.96. The molecule has 0 saturated heterocycles. The Morgan fingerprint density at radius 2 is 2.10 bits per heavy atom. The monoisotopic (exact) mass is 287 g/mol. The zero-order valence-corrected chi connectivity index (χ0v) is 11.0. The highest BCUT2D eigenvalue weighted by molar-refractivity contribution is 6.30. The van der Waals surface area contributed by atoms with Crippen LogP contribution in [-0.2, 0) is 0 Å². The van der Waals surface area contributed by atoms with E-state index in [0.717, 1.165) is 0 Å². The first-order chi connectivity index (χ1) is 9.63. The van der Waals surface area contributed by atoms with Crippen molar-refractivity contribution >= 4 is 29.0 Å². The molecule has 0 unspecified atom stereocenters. The van der Waals surface area contributed by atoms with Crippen molar-refractivity contribution in [2.45, 2.75) is 0 Å². The van der Waals surface area contributed by atoms with Gasteiger partial charge in [-0.25, -0.2) is 10.8 Å². The van der Waals surface area contributed by atoms with Crippen LogP contribution in [0.25, 0.3) is 0 Å². The number of aromatic nitrogens is 1. The number of rotatable bonds is 3. The van der Waals surface area contributed by atoms with Crippen LogP contribution in [0.1, 0.15) is 15.9 Å². The number of hydrogen-bond acceptors (Lipinski definition) is 5. The van der Waals surface area contributed by atoms with Crippen molar-refractivity contribution in [3.8, 4) is 6.07 Å². The molecule has 0 spiro atoms. The van der Waals surface area contributed by atoms with Crippen LogP contribution in [0, 0.1) is 11.3 Å². The second-order valence-electron chi connectivity index (χ2n) is 3.82. The molecule has 6 nitrogen and oxygen atoms in total. The first kappa shape index (κ1) is 13.8. The van der Waals surface area contributed by atoms with Crippen molar-refractivity contribution in [1.29, 1.82) is 5.26 Å². The van der Waals surface area contributed by atoms with Crippen LogP contribution < -0.4 is 16.6 Å². The molecule has 1 heterocycles. The van der Waals surface area contributed by atoms with E-state index in [0.29, 0.717) is 11.3 Å². The maximum Gasteiger partial charge on any atom is 0.255 e. The normalized spacial score (nSPS) is 9.65. The van der Waals surface area contributed by atoms with Gasteiger partial charge in [0.25, 0.3) is 5.91 Å². The minimum absolute atomic E-state index is 0.138. The van der Waals surface area contributed by atoms with Gasteiger partial charge in [0.15, 0.2) is 0 Å². The average Bonchev–Trinajstić information content (AvgIpc) is 2.47. The Hall–Kier alpha value is -2.62. The summed E-state index contributed by atoms with van der Waals surface area (Å²) in [6, 6.07) is 11.6. The summed E-state index contributed by atoms with van der Waals surface area (Å²) >= 11 is 5.80. The number of benzene rings is 1. The lowest BCUT2D eigenvalue weighted by Gasteiger charge is -2.08. The fourth-order valence-corrected chi connectivity index (χ4v) is 1.79.